The maximum atomic E-state index is 12.9. The van der Waals surface area contributed by atoms with E-state index in [4.69, 9.17) is 9.26 Å². The maximum Gasteiger partial charge on any atom is 0.338 e. The number of aryl methyl sites for hydroxylation is 3. The first-order valence-corrected chi connectivity index (χ1v) is 9.13. The molecule has 29 heavy (non-hydrogen) atoms. The normalized spacial score (nSPS) is 11.0. The lowest BCUT2D eigenvalue weighted by atomic mass is 10.2. The molecule has 0 amide bonds. The number of carbonyl (C=O) groups is 1. The lowest BCUT2D eigenvalue weighted by molar-refractivity contribution is 0.0471. The second kappa shape index (κ2) is 7.35. The Balaban J connectivity index is 1.59. The summed E-state index contributed by atoms with van der Waals surface area (Å²) in [6, 6.07) is 13.9. The van der Waals surface area contributed by atoms with Gasteiger partial charge in [-0.1, -0.05) is 17.3 Å². The molecule has 0 atom stereocenters. The lowest BCUT2D eigenvalue weighted by Gasteiger charge is -2.11. The molecule has 146 valence electrons. The third-order valence-electron chi connectivity index (χ3n) is 4.83. The van der Waals surface area contributed by atoms with Gasteiger partial charge in [0.2, 0.25) is 0 Å². The summed E-state index contributed by atoms with van der Waals surface area (Å²) in [5.74, 6) is 0.740. The summed E-state index contributed by atoms with van der Waals surface area (Å²) in [6.07, 6.45) is 0. The average molecular weight is 389 g/mol. The monoisotopic (exact) mass is 389 g/mol. The first kappa shape index (κ1) is 18.6. The molecule has 4 aromatic rings. The van der Waals surface area contributed by atoms with Crippen LogP contribution in [0.4, 0.5) is 0 Å². The second-order valence-electron chi connectivity index (χ2n) is 6.74. The van der Waals surface area contributed by atoms with Crippen LogP contribution >= 0.6 is 0 Å². The number of ether oxygens (including phenoxy) is 1. The number of rotatable bonds is 4. The van der Waals surface area contributed by atoms with E-state index >= 15 is 0 Å². The van der Waals surface area contributed by atoms with Gasteiger partial charge in [0.25, 0.3) is 5.56 Å². The second-order valence-corrected chi connectivity index (χ2v) is 6.74. The van der Waals surface area contributed by atoms with E-state index in [1.165, 1.54) is 4.57 Å². The van der Waals surface area contributed by atoms with Crippen LogP contribution in [0.15, 0.2) is 57.8 Å². The van der Waals surface area contributed by atoms with Crippen molar-refractivity contribution in [2.45, 2.75) is 27.4 Å². The number of hydrogen-bond donors (Lipinski definition) is 0. The highest BCUT2D eigenvalue weighted by Crippen LogP contribution is 2.16. The van der Waals surface area contributed by atoms with Crippen molar-refractivity contribution in [3.8, 4) is 5.69 Å². The molecule has 4 rings (SSSR count). The topological polar surface area (TPSA) is 87.2 Å². The lowest BCUT2D eigenvalue weighted by Crippen LogP contribution is -2.22. The molecule has 2 aromatic carbocycles. The van der Waals surface area contributed by atoms with Crippen LogP contribution in [0.5, 0.6) is 0 Å². The Kier molecular flexibility index (Phi) is 4.72. The molecule has 0 aliphatic carbocycles. The van der Waals surface area contributed by atoms with Crippen molar-refractivity contribution < 1.29 is 14.1 Å². The van der Waals surface area contributed by atoms with Gasteiger partial charge in [-0.15, -0.1) is 0 Å². The van der Waals surface area contributed by atoms with E-state index in [9.17, 15) is 9.59 Å². The van der Waals surface area contributed by atoms with Crippen molar-refractivity contribution >= 4 is 16.9 Å². The minimum absolute atomic E-state index is 0.0922. The van der Waals surface area contributed by atoms with E-state index in [0.717, 1.165) is 5.56 Å². The third kappa shape index (κ3) is 3.42. The quantitative estimate of drug-likeness (QED) is 0.495. The fraction of sp³-hybridized carbons (Fsp3) is 0.182. The Bertz CT molecular complexity index is 1250. The van der Waals surface area contributed by atoms with Gasteiger partial charge in [-0.05, 0) is 57.2 Å². The van der Waals surface area contributed by atoms with Crippen LogP contribution in [0.25, 0.3) is 16.6 Å². The largest absolute Gasteiger partial charge is 0.457 e. The van der Waals surface area contributed by atoms with Gasteiger partial charge in [0.15, 0.2) is 0 Å². The highest BCUT2D eigenvalue weighted by molar-refractivity contribution is 5.89. The summed E-state index contributed by atoms with van der Waals surface area (Å²) in [7, 11) is 0. The predicted molar refractivity (Wildman–Crippen MR) is 107 cm³/mol. The summed E-state index contributed by atoms with van der Waals surface area (Å²) in [6.45, 7) is 5.44. The predicted octanol–water partition coefficient (Wildman–Crippen LogP) is 3.66. The minimum Gasteiger partial charge on any atom is -0.457 e. The van der Waals surface area contributed by atoms with Gasteiger partial charge in [0.05, 0.1) is 33.4 Å². The van der Waals surface area contributed by atoms with Gasteiger partial charge in [0.1, 0.15) is 18.2 Å². The summed E-state index contributed by atoms with van der Waals surface area (Å²) in [4.78, 5) is 29.7. The number of benzene rings is 2. The van der Waals surface area contributed by atoms with Gasteiger partial charge in [-0.25, -0.2) is 9.78 Å². The molecule has 0 radical (unpaired) electrons. The first-order chi connectivity index (χ1) is 14.0. The molecule has 0 fully saturated rings. The molecule has 0 bridgehead atoms. The zero-order chi connectivity index (χ0) is 20.5. The van der Waals surface area contributed by atoms with Gasteiger partial charge in [-0.2, -0.15) is 0 Å². The molecule has 0 aliphatic rings. The molecular formula is C22H19N3O4. The first-order valence-electron chi connectivity index (χ1n) is 9.13. The van der Waals surface area contributed by atoms with Gasteiger partial charge in [-0.3, -0.25) is 9.36 Å². The molecule has 0 unspecified atom stereocenters. The number of aromatic nitrogens is 3. The van der Waals surface area contributed by atoms with E-state index in [2.05, 4.69) is 10.1 Å². The van der Waals surface area contributed by atoms with E-state index in [1.807, 2.05) is 18.2 Å². The Morgan fingerprint density at radius 1 is 1.07 bits per heavy atom. The molecule has 2 aromatic heterocycles. The Labute approximate surface area is 166 Å². The molecule has 2 heterocycles. The van der Waals surface area contributed by atoms with Crippen LogP contribution in [-0.2, 0) is 11.3 Å². The van der Waals surface area contributed by atoms with Crippen LogP contribution < -0.4 is 5.56 Å². The molecule has 7 nitrogen and oxygen atoms in total. The van der Waals surface area contributed by atoms with Crippen molar-refractivity contribution in [3.05, 3.63) is 87.3 Å². The van der Waals surface area contributed by atoms with Gasteiger partial charge in [0, 0.05) is 0 Å². The molecule has 0 aliphatic heterocycles. The SMILES string of the molecule is Cc1noc(C)c1COC(=O)c1ccc(-n2c(C)nc3ccccc3c2=O)cc1. The Morgan fingerprint density at radius 2 is 1.79 bits per heavy atom. The van der Waals surface area contributed by atoms with Crippen LogP contribution in [0.2, 0.25) is 0 Å². The van der Waals surface area contributed by atoms with Crippen molar-refractivity contribution in [2.24, 2.45) is 0 Å². The molecule has 0 saturated heterocycles. The number of para-hydroxylation sites is 1. The Morgan fingerprint density at radius 3 is 2.48 bits per heavy atom. The van der Waals surface area contributed by atoms with Crippen LogP contribution in [-0.4, -0.2) is 20.7 Å². The summed E-state index contributed by atoms with van der Waals surface area (Å²) >= 11 is 0. The number of hydrogen-bond acceptors (Lipinski definition) is 6. The molecule has 0 spiro atoms. The highest BCUT2D eigenvalue weighted by atomic mass is 16.5. The number of carbonyl (C=O) groups excluding carboxylic acids is 1. The highest BCUT2D eigenvalue weighted by Gasteiger charge is 2.14. The fourth-order valence-corrected chi connectivity index (χ4v) is 3.22. The van der Waals surface area contributed by atoms with Crippen molar-refractivity contribution in [2.75, 3.05) is 0 Å². The van der Waals surface area contributed by atoms with Crippen molar-refractivity contribution in [1.82, 2.24) is 14.7 Å². The average Bonchev–Trinajstić information content (AvgIpc) is 3.04. The number of esters is 1. The van der Waals surface area contributed by atoms with Crippen LogP contribution in [0.1, 0.15) is 33.2 Å². The van der Waals surface area contributed by atoms with E-state index in [-0.39, 0.29) is 12.2 Å². The van der Waals surface area contributed by atoms with E-state index in [1.54, 1.807) is 51.1 Å². The maximum absolute atomic E-state index is 12.9. The fourth-order valence-electron chi connectivity index (χ4n) is 3.22. The molecule has 7 heteroatoms. The van der Waals surface area contributed by atoms with E-state index in [0.29, 0.717) is 39.4 Å². The molecular weight excluding hydrogens is 370 g/mol. The van der Waals surface area contributed by atoms with E-state index < -0.39 is 5.97 Å². The van der Waals surface area contributed by atoms with Crippen molar-refractivity contribution in [1.29, 1.82) is 0 Å². The zero-order valence-electron chi connectivity index (χ0n) is 16.3. The smallest absolute Gasteiger partial charge is 0.338 e. The van der Waals surface area contributed by atoms with Crippen molar-refractivity contribution in [3.63, 3.8) is 0 Å². The molecule has 0 saturated carbocycles. The minimum atomic E-state index is -0.461. The Hall–Kier alpha value is -3.74. The third-order valence-corrected chi connectivity index (χ3v) is 4.83. The zero-order valence-corrected chi connectivity index (χ0v) is 16.3. The van der Waals surface area contributed by atoms with Crippen LogP contribution in [0.3, 0.4) is 0 Å². The van der Waals surface area contributed by atoms with Gasteiger partial charge >= 0.3 is 5.97 Å². The number of nitrogens with zero attached hydrogens (tertiary/aromatic N) is 3. The standard InChI is InChI=1S/C22H19N3O4/c1-13-19(14(2)29-24-13)12-28-22(27)16-8-10-17(11-9-16)25-15(3)23-20-7-5-4-6-18(20)21(25)26/h4-11H,12H2,1-3H3. The molecule has 0 N–H and O–H groups in total. The van der Waals surface area contributed by atoms with Gasteiger partial charge < -0.3 is 9.26 Å². The summed E-state index contributed by atoms with van der Waals surface area (Å²) in [5, 5.41) is 4.39. The summed E-state index contributed by atoms with van der Waals surface area (Å²) < 4.78 is 12.0. The number of fused-ring (bicyclic) bond motifs is 1. The van der Waals surface area contributed by atoms with Crippen LogP contribution in [0, 0.1) is 20.8 Å². The summed E-state index contributed by atoms with van der Waals surface area (Å²) in [5.41, 5.74) is 2.99.